The van der Waals surface area contributed by atoms with Crippen molar-refractivity contribution in [2.24, 2.45) is 0 Å². The molecule has 0 saturated carbocycles. The number of ether oxygens (including phenoxy) is 1. The van der Waals surface area contributed by atoms with Gasteiger partial charge in [-0.1, -0.05) is 29.8 Å². The Labute approximate surface area is 188 Å². The fraction of sp³-hybridized carbons (Fsp3) is 0.556. The van der Waals surface area contributed by atoms with Crippen molar-refractivity contribution in [3.05, 3.63) is 53.6 Å². The molecule has 0 spiro atoms. The van der Waals surface area contributed by atoms with Crippen LogP contribution in [0, 0.1) is 6.92 Å². The standard InChI is InChI=1S/C27H39N3O/c1-22-8-10-23(11-9-22)21-28-16-18-30(19-17-28)25-20-24(29-14-6-5-7-15-29)12-13-26(25)31-27(2,3)4/h8-13,20H,5-7,14-19,21H2,1-4H3. The zero-order valence-corrected chi connectivity index (χ0v) is 19.9. The Balaban J connectivity index is 1.48. The Hall–Kier alpha value is -2.20. The second-order valence-corrected chi connectivity index (χ2v) is 10.2. The molecule has 2 aliphatic heterocycles. The molecule has 0 aliphatic carbocycles. The topological polar surface area (TPSA) is 19.0 Å². The fourth-order valence-corrected chi connectivity index (χ4v) is 4.62. The number of rotatable bonds is 5. The van der Waals surface area contributed by atoms with Crippen LogP contribution in [0.5, 0.6) is 5.75 Å². The van der Waals surface area contributed by atoms with Crippen molar-refractivity contribution < 1.29 is 4.74 Å². The number of hydrogen-bond donors (Lipinski definition) is 0. The van der Waals surface area contributed by atoms with Gasteiger partial charge in [0, 0.05) is 51.5 Å². The molecule has 0 N–H and O–H groups in total. The number of piperazine rings is 1. The zero-order chi connectivity index (χ0) is 21.8. The molecule has 0 unspecified atom stereocenters. The summed E-state index contributed by atoms with van der Waals surface area (Å²) < 4.78 is 6.39. The number of anilines is 2. The molecule has 4 nitrogen and oxygen atoms in total. The summed E-state index contributed by atoms with van der Waals surface area (Å²) in [7, 11) is 0. The van der Waals surface area contributed by atoms with E-state index in [0.717, 1.165) is 38.5 Å². The Morgan fingerprint density at radius 2 is 1.45 bits per heavy atom. The fourth-order valence-electron chi connectivity index (χ4n) is 4.62. The van der Waals surface area contributed by atoms with Crippen molar-refractivity contribution >= 4 is 11.4 Å². The maximum atomic E-state index is 6.39. The molecule has 4 rings (SSSR count). The average Bonchev–Trinajstić information content (AvgIpc) is 2.76. The number of nitrogens with zero attached hydrogens (tertiary/aromatic N) is 3. The first-order valence-electron chi connectivity index (χ1n) is 12.0. The smallest absolute Gasteiger partial charge is 0.143 e. The van der Waals surface area contributed by atoms with Crippen LogP contribution in [0.3, 0.4) is 0 Å². The Morgan fingerprint density at radius 1 is 0.774 bits per heavy atom. The first-order chi connectivity index (χ1) is 14.9. The van der Waals surface area contributed by atoms with Crippen molar-refractivity contribution in [3.63, 3.8) is 0 Å². The van der Waals surface area contributed by atoms with Crippen molar-refractivity contribution in [2.75, 3.05) is 49.1 Å². The lowest BCUT2D eigenvalue weighted by Crippen LogP contribution is -2.46. The molecular formula is C27H39N3O. The summed E-state index contributed by atoms with van der Waals surface area (Å²) >= 11 is 0. The van der Waals surface area contributed by atoms with Gasteiger partial charge in [0.1, 0.15) is 11.4 Å². The van der Waals surface area contributed by atoms with Gasteiger partial charge >= 0.3 is 0 Å². The van der Waals surface area contributed by atoms with E-state index in [1.807, 2.05) is 0 Å². The van der Waals surface area contributed by atoms with E-state index in [1.165, 1.54) is 54.9 Å². The van der Waals surface area contributed by atoms with Crippen molar-refractivity contribution in [3.8, 4) is 5.75 Å². The van der Waals surface area contributed by atoms with Crippen LogP contribution in [-0.4, -0.2) is 49.8 Å². The van der Waals surface area contributed by atoms with Crippen LogP contribution in [0.1, 0.15) is 51.2 Å². The molecule has 0 radical (unpaired) electrons. The lowest BCUT2D eigenvalue weighted by molar-refractivity contribution is 0.131. The number of piperidine rings is 1. The van der Waals surface area contributed by atoms with Crippen molar-refractivity contribution in [1.82, 2.24) is 4.90 Å². The zero-order valence-electron chi connectivity index (χ0n) is 19.9. The summed E-state index contributed by atoms with van der Waals surface area (Å²) in [6.45, 7) is 16.2. The van der Waals surface area contributed by atoms with Gasteiger partial charge in [-0.05, 0) is 70.7 Å². The predicted molar refractivity (Wildman–Crippen MR) is 132 cm³/mol. The molecule has 0 atom stereocenters. The van der Waals surface area contributed by atoms with Gasteiger partial charge in [-0.2, -0.15) is 0 Å². The molecule has 2 aromatic carbocycles. The highest BCUT2D eigenvalue weighted by Crippen LogP contribution is 2.36. The molecule has 168 valence electrons. The minimum absolute atomic E-state index is 0.200. The van der Waals surface area contributed by atoms with Crippen molar-refractivity contribution in [2.45, 2.75) is 59.1 Å². The Morgan fingerprint density at radius 3 is 2.10 bits per heavy atom. The third kappa shape index (κ3) is 5.94. The highest BCUT2D eigenvalue weighted by molar-refractivity contribution is 5.67. The van der Waals surface area contributed by atoms with Gasteiger partial charge in [-0.25, -0.2) is 0 Å². The number of benzene rings is 2. The molecule has 2 heterocycles. The Kier molecular flexibility index (Phi) is 6.76. The van der Waals surface area contributed by atoms with Crippen LogP contribution >= 0.6 is 0 Å². The summed E-state index contributed by atoms with van der Waals surface area (Å²) in [6.07, 6.45) is 3.96. The lowest BCUT2D eigenvalue weighted by Gasteiger charge is -2.38. The van der Waals surface area contributed by atoms with E-state index in [2.05, 4.69) is 84.9 Å². The molecule has 2 aromatic rings. The van der Waals surface area contributed by atoms with E-state index >= 15 is 0 Å². The first-order valence-corrected chi connectivity index (χ1v) is 12.0. The third-order valence-corrected chi connectivity index (χ3v) is 6.32. The maximum absolute atomic E-state index is 6.39. The second kappa shape index (κ2) is 9.52. The van der Waals surface area contributed by atoms with Crippen LogP contribution in [0.2, 0.25) is 0 Å². The van der Waals surface area contributed by atoms with Gasteiger partial charge in [-0.3, -0.25) is 4.90 Å². The molecular weight excluding hydrogens is 382 g/mol. The van der Waals surface area contributed by atoms with Gasteiger partial charge in [0.05, 0.1) is 5.69 Å². The summed E-state index contributed by atoms with van der Waals surface area (Å²) in [6, 6.07) is 15.8. The average molecular weight is 422 g/mol. The van der Waals surface area contributed by atoms with Gasteiger partial charge in [0.2, 0.25) is 0 Å². The number of aryl methyl sites for hydroxylation is 1. The van der Waals surface area contributed by atoms with Crippen LogP contribution in [0.25, 0.3) is 0 Å². The molecule has 0 amide bonds. The first kappa shape index (κ1) is 22.0. The Bertz CT molecular complexity index is 842. The molecule has 4 heteroatoms. The van der Waals surface area contributed by atoms with Gasteiger partial charge < -0.3 is 14.5 Å². The summed E-state index contributed by atoms with van der Waals surface area (Å²) in [5, 5.41) is 0. The van der Waals surface area contributed by atoms with E-state index in [9.17, 15) is 0 Å². The molecule has 31 heavy (non-hydrogen) atoms. The van der Waals surface area contributed by atoms with E-state index < -0.39 is 0 Å². The minimum Gasteiger partial charge on any atom is -0.486 e. The lowest BCUT2D eigenvalue weighted by atomic mass is 10.1. The molecule has 2 saturated heterocycles. The van der Waals surface area contributed by atoms with E-state index in [1.54, 1.807) is 0 Å². The van der Waals surface area contributed by atoms with E-state index in [4.69, 9.17) is 4.74 Å². The predicted octanol–water partition coefficient (Wildman–Crippen LogP) is 5.48. The monoisotopic (exact) mass is 421 g/mol. The quantitative estimate of drug-likeness (QED) is 0.636. The second-order valence-electron chi connectivity index (χ2n) is 10.2. The number of hydrogen-bond acceptors (Lipinski definition) is 4. The summed E-state index contributed by atoms with van der Waals surface area (Å²) in [4.78, 5) is 7.64. The normalized spacial score (nSPS) is 18.3. The third-order valence-electron chi connectivity index (χ3n) is 6.32. The molecule has 0 bridgehead atoms. The largest absolute Gasteiger partial charge is 0.486 e. The molecule has 0 aromatic heterocycles. The molecule has 2 fully saturated rings. The van der Waals surface area contributed by atoms with Crippen LogP contribution in [0.15, 0.2) is 42.5 Å². The van der Waals surface area contributed by atoms with Gasteiger partial charge in [0.25, 0.3) is 0 Å². The summed E-state index contributed by atoms with van der Waals surface area (Å²) in [5.74, 6) is 1.01. The van der Waals surface area contributed by atoms with Crippen LogP contribution < -0.4 is 14.5 Å². The minimum atomic E-state index is -0.200. The van der Waals surface area contributed by atoms with Gasteiger partial charge in [0.15, 0.2) is 0 Å². The SMILES string of the molecule is Cc1ccc(CN2CCN(c3cc(N4CCCCC4)ccc3OC(C)(C)C)CC2)cc1. The van der Waals surface area contributed by atoms with E-state index in [0.29, 0.717) is 0 Å². The highest BCUT2D eigenvalue weighted by atomic mass is 16.5. The van der Waals surface area contributed by atoms with Gasteiger partial charge in [-0.15, -0.1) is 0 Å². The van der Waals surface area contributed by atoms with E-state index in [-0.39, 0.29) is 5.60 Å². The summed E-state index contributed by atoms with van der Waals surface area (Å²) in [5.41, 5.74) is 5.14. The van der Waals surface area contributed by atoms with Crippen molar-refractivity contribution in [1.29, 1.82) is 0 Å². The molecule has 2 aliphatic rings. The van der Waals surface area contributed by atoms with Crippen LogP contribution in [-0.2, 0) is 6.54 Å². The highest BCUT2D eigenvalue weighted by Gasteiger charge is 2.24. The van der Waals surface area contributed by atoms with Crippen LogP contribution in [0.4, 0.5) is 11.4 Å². The maximum Gasteiger partial charge on any atom is 0.143 e.